The van der Waals surface area contributed by atoms with Crippen LogP contribution in [0.5, 0.6) is 34.5 Å². The Labute approximate surface area is 241 Å². The Balaban J connectivity index is 1.56. The van der Waals surface area contributed by atoms with Gasteiger partial charge in [-0.25, -0.2) is 0 Å². The van der Waals surface area contributed by atoms with Gasteiger partial charge >= 0.3 is 0 Å². The highest BCUT2D eigenvalue weighted by Crippen LogP contribution is 2.39. The van der Waals surface area contributed by atoms with Crippen molar-refractivity contribution in [3.63, 3.8) is 0 Å². The molecule has 1 saturated carbocycles. The zero-order valence-electron chi connectivity index (χ0n) is 24.6. The molecule has 3 N–H and O–H groups in total. The number of rotatable bonds is 14. The number of nitrogens with zero attached hydrogens (tertiary/aromatic N) is 3. The summed E-state index contributed by atoms with van der Waals surface area (Å²) in [7, 11) is 9.53. The highest BCUT2D eigenvalue weighted by molar-refractivity contribution is 5.55. The average Bonchev–Trinajstić information content (AvgIpc) is 3.01. The molecule has 1 aliphatic rings. The molecule has 3 aromatic rings. The monoisotopic (exact) mass is 568 g/mol. The number of anilines is 3. The lowest BCUT2D eigenvalue weighted by Crippen LogP contribution is -2.24. The number of methoxy groups -OCH3 is 6. The van der Waals surface area contributed by atoms with Crippen molar-refractivity contribution in [2.45, 2.75) is 51.2 Å². The van der Waals surface area contributed by atoms with E-state index in [1.807, 2.05) is 24.3 Å². The van der Waals surface area contributed by atoms with E-state index in [9.17, 15) is 0 Å². The van der Waals surface area contributed by atoms with Crippen molar-refractivity contribution in [1.82, 2.24) is 15.0 Å². The molecule has 41 heavy (non-hydrogen) atoms. The average molecular weight is 569 g/mol. The zero-order valence-corrected chi connectivity index (χ0v) is 24.6. The number of ether oxygens (including phenoxy) is 6. The molecule has 0 unspecified atom stereocenters. The van der Waals surface area contributed by atoms with Gasteiger partial charge in [0.05, 0.1) is 42.7 Å². The first-order valence-corrected chi connectivity index (χ1v) is 13.6. The maximum atomic E-state index is 5.50. The van der Waals surface area contributed by atoms with Gasteiger partial charge in [0.25, 0.3) is 0 Å². The van der Waals surface area contributed by atoms with Gasteiger partial charge in [0, 0.05) is 19.1 Å². The van der Waals surface area contributed by atoms with Crippen molar-refractivity contribution in [2.24, 2.45) is 0 Å². The first kappa shape index (κ1) is 29.6. The summed E-state index contributed by atoms with van der Waals surface area (Å²) in [6, 6.07) is 7.89. The third-order valence-corrected chi connectivity index (χ3v) is 6.92. The third-order valence-electron chi connectivity index (χ3n) is 6.92. The van der Waals surface area contributed by atoms with E-state index >= 15 is 0 Å². The van der Waals surface area contributed by atoms with Crippen molar-refractivity contribution in [2.75, 3.05) is 58.6 Å². The molecule has 222 valence electrons. The SMILES string of the molecule is COc1cc(CNc2nc(NCc3cc(OC)c(OC)c(OC)c3)nc(NC3CCCCC3)n2)cc(OC)c1OC. The smallest absolute Gasteiger partial charge is 0.229 e. The lowest BCUT2D eigenvalue weighted by molar-refractivity contribution is 0.324. The second-order valence-electron chi connectivity index (χ2n) is 9.56. The third kappa shape index (κ3) is 7.44. The van der Waals surface area contributed by atoms with Gasteiger partial charge < -0.3 is 44.4 Å². The minimum absolute atomic E-state index is 0.331. The second kappa shape index (κ2) is 14.3. The molecule has 4 rings (SSSR count). The fourth-order valence-corrected chi connectivity index (χ4v) is 4.87. The normalized spacial score (nSPS) is 13.2. The van der Waals surface area contributed by atoms with Crippen LogP contribution in [0.25, 0.3) is 0 Å². The number of aromatic nitrogens is 3. The van der Waals surface area contributed by atoms with Gasteiger partial charge in [-0.2, -0.15) is 15.0 Å². The molecule has 0 spiro atoms. The van der Waals surface area contributed by atoms with Gasteiger partial charge in [0.2, 0.25) is 29.3 Å². The largest absolute Gasteiger partial charge is 0.493 e. The summed E-state index contributed by atoms with van der Waals surface area (Å²) in [5.41, 5.74) is 1.82. The molecule has 12 nitrogen and oxygen atoms in total. The first-order valence-electron chi connectivity index (χ1n) is 13.6. The quantitative estimate of drug-likeness (QED) is 0.245. The molecule has 0 amide bonds. The van der Waals surface area contributed by atoms with E-state index in [4.69, 9.17) is 28.4 Å². The van der Waals surface area contributed by atoms with E-state index in [0.29, 0.717) is 71.5 Å². The summed E-state index contributed by atoms with van der Waals surface area (Å²) in [5, 5.41) is 10.1. The van der Waals surface area contributed by atoms with Crippen molar-refractivity contribution in [3.8, 4) is 34.5 Å². The maximum Gasteiger partial charge on any atom is 0.229 e. The minimum Gasteiger partial charge on any atom is -0.493 e. The second-order valence-corrected chi connectivity index (χ2v) is 9.56. The maximum absolute atomic E-state index is 5.50. The minimum atomic E-state index is 0.331. The summed E-state index contributed by atoms with van der Waals surface area (Å²) in [5.74, 6) is 4.76. The molecule has 0 bridgehead atoms. The van der Waals surface area contributed by atoms with Gasteiger partial charge in [-0.1, -0.05) is 19.3 Å². The van der Waals surface area contributed by atoms with Crippen molar-refractivity contribution >= 4 is 17.8 Å². The Morgan fingerprint density at radius 1 is 0.561 bits per heavy atom. The molecule has 0 atom stereocenters. The van der Waals surface area contributed by atoms with Gasteiger partial charge in [-0.05, 0) is 48.2 Å². The molecular weight excluding hydrogens is 528 g/mol. The molecule has 0 saturated heterocycles. The van der Waals surface area contributed by atoms with E-state index in [0.717, 1.165) is 24.0 Å². The van der Waals surface area contributed by atoms with Crippen LogP contribution in [0.4, 0.5) is 17.8 Å². The predicted octanol–water partition coefficient (Wildman–Crippen LogP) is 4.89. The van der Waals surface area contributed by atoms with Crippen LogP contribution >= 0.6 is 0 Å². The molecule has 2 aromatic carbocycles. The van der Waals surface area contributed by atoms with Gasteiger partial charge in [0.1, 0.15) is 0 Å². The van der Waals surface area contributed by atoms with Gasteiger partial charge in [-0.3, -0.25) is 0 Å². The number of benzene rings is 2. The number of hydrogen-bond acceptors (Lipinski definition) is 12. The summed E-state index contributed by atoms with van der Waals surface area (Å²) in [6.45, 7) is 0.853. The standard InChI is InChI=1S/C29H40N6O6/c1-36-21-12-18(13-22(37-2)25(21)40-5)16-30-27-33-28(35-29(34-27)32-20-10-8-7-9-11-20)31-17-19-14-23(38-3)26(41-6)24(15-19)39-4/h12-15,20H,7-11,16-17H2,1-6H3,(H3,30,31,32,33,34,35). The fraction of sp³-hybridized carbons (Fsp3) is 0.483. The highest BCUT2D eigenvalue weighted by atomic mass is 16.5. The number of hydrogen-bond donors (Lipinski definition) is 3. The molecule has 1 aromatic heterocycles. The lowest BCUT2D eigenvalue weighted by Gasteiger charge is -2.23. The van der Waals surface area contributed by atoms with Crippen LogP contribution in [0.15, 0.2) is 24.3 Å². The van der Waals surface area contributed by atoms with Crippen molar-refractivity contribution in [3.05, 3.63) is 35.4 Å². The van der Waals surface area contributed by atoms with Crippen molar-refractivity contribution in [1.29, 1.82) is 0 Å². The van der Waals surface area contributed by atoms with E-state index in [1.165, 1.54) is 19.3 Å². The van der Waals surface area contributed by atoms with E-state index in [2.05, 4.69) is 30.9 Å². The zero-order chi connectivity index (χ0) is 29.2. The van der Waals surface area contributed by atoms with Crippen LogP contribution in [0.1, 0.15) is 43.2 Å². The summed E-state index contributed by atoms with van der Waals surface area (Å²) in [6.07, 6.45) is 5.84. The van der Waals surface area contributed by atoms with Crippen molar-refractivity contribution < 1.29 is 28.4 Å². The Bertz CT molecular complexity index is 1170. The number of nitrogens with one attached hydrogen (secondary N) is 3. The van der Waals surface area contributed by atoms with Crippen LogP contribution in [-0.4, -0.2) is 63.7 Å². The Kier molecular flexibility index (Phi) is 10.4. The Morgan fingerprint density at radius 2 is 0.951 bits per heavy atom. The van der Waals surface area contributed by atoms with Gasteiger partial charge in [-0.15, -0.1) is 0 Å². The van der Waals surface area contributed by atoms with Crippen LogP contribution in [-0.2, 0) is 13.1 Å². The summed E-state index contributed by atoms with van der Waals surface area (Å²) in [4.78, 5) is 14.0. The molecular formula is C29H40N6O6. The molecule has 0 radical (unpaired) electrons. The molecule has 0 aliphatic heterocycles. The van der Waals surface area contributed by atoms with Crippen LogP contribution in [0, 0.1) is 0 Å². The summed E-state index contributed by atoms with van der Waals surface area (Å²) >= 11 is 0. The Morgan fingerprint density at radius 3 is 1.32 bits per heavy atom. The van der Waals surface area contributed by atoms with Crippen LogP contribution in [0.3, 0.4) is 0 Å². The fourth-order valence-electron chi connectivity index (χ4n) is 4.87. The molecule has 1 aliphatic carbocycles. The van der Waals surface area contributed by atoms with Crippen LogP contribution in [0.2, 0.25) is 0 Å². The van der Waals surface area contributed by atoms with E-state index in [-0.39, 0.29) is 0 Å². The topological polar surface area (TPSA) is 130 Å². The Hall–Kier alpha value is -4.35. The van der Waals surface area contributed by atoms with Crippen LogP contribution < -0.4 is 44.4 Å². The molecule has 1 fully saturated rings. The van der Waals surface area contributed by atoms with Gasteiger partial charge in [0.15, 0.2) is 23.0 Å². The van der Waals surface area contributed by atoms with E-state index in [1.54, 1.807) is 42.7 Å². The molecule has 12 heteroatoms. The van der Waals surface area contributed by atoms with E-state index < -0.39 is 0 Å². The summed E-state index contributed by atoms with van der Waals surface area (Å²) < 4.78 is 32.9. The predicted molar refractivity (Wildman–Crippen MR) is 157 cm³/mol. The molecule has 1 heterocycles. The lowest BCUT2D eigenvalue weighted by atomic mass is 9.96. The highest BCUT2D eigenvalue weighted by Gasteiger charge is 2.18. The first-order chi connectivity index (χ1) is 20.0.